The van der Waals surface area contributed by atoms with Crippen molar-refractivity contribution >= 4 is 28.9 Å². The highest BCUT2D eigenvalue weighted by Crippen LogP contribution is 2.33. The van der Waals surface area contributed by atoms with Gasteiger partial charge in [-0.15, -0.1) is 0 Å². The molecule has 0 bridgehead atoms. The van der Waals surface area contributed by atoms with E-state index in [2.05, 4.69) is 0 Å². The molecule has 1 aliphatic rings. The Hall–Kier alpha value is -2.00. The zero-order valence-corrected chi connectivity index (χ0v) is 11.7. The molecule has 102 valence electrons. The van der Waals surface area contributed by atoms with E-state index in [-0.39, 0.29) is 5.91 Å². The summed E-state index contributed by atoms with van der Waals surface area (Å²) in [5, 5.41) is 0.480. The molecule has 3 nitrogen and oxygen atoms in total. The van der Waals surface area contributed by atoms with Crippen molar-refractivity contribution in [3.8, 4) is 0 Å². The first-order chi connectivity index (χ1) is 9.68. The lowest BCUT2D eigenvalue weighted by molar-refractivity contribution is 0.0985. The van der Waals surface area contributed by atoms with E-state index < -0.39 is 0 Å². The van der Waals surface area contributed by atoms with E-state index in [9.17, 15) is 4.79 Å². The number of amides is 1. The average molecular weight is 287 g/mol. The van der Waals surface area contributed by atoms with Crippen molar-refractivity contribution in [3.05, 3.63) is 58.6 Å². The summed E-state index contributed by atoms with van der Waals surface area (Å²) in [5.74, 6) is -0.0675. The number of hydrogen-bond acceptors (Lipinski definition) is 2. The lowest BCUT2D eigenvalue weighted by atomic mass is 9.99. The van der Waals surface area contributed by atoms with E-state index in [4.69, 9.17) is 17.3 Å². The highest BCUT2D eigenvalue weighted by molar-refractivity contribution is 6.34. The number of rotatable bonds is 1. The third kappa shape index (κ3) is 2.14. The Kier molecular flexibility index (Phi) is 3.36. The molecule has 3 rings (SSSR count). The predicted molar refractivity (Wildman–Crippen MR) is 82.3 cm³/mol. The summed E-state index contributed by atoms with van der Waals surface area (Å²) >= 11 is 6.12. The maximum Gasteiger partial charge on any atom is 0.259 e. The van der Waals surface area contributed by atoms with Crippen LogP contribution in [-0.4, -0.2) is 12.5 Å². The zero-order valence-electron chi connectivity index (χ0n) is 11.0. The number of fused-ring (bicyclic) bond motifs is 1. The van der Waals surface area contributed by atoms with E-state index in [1.54, 1.807) is 17.0 Å². The summed E-state index contributed by atoms with van der Waals surface area (Å²) in [6.07, 6.45) is 1.83. The molecule has 1 amide bonds. The second-order valence-corrected chi connectivity index (χ2v) is 5.29. The van der Waals surface area contributed by atoms with E-state index in [0.29, 0.717) is 17.1 Å². The van der Waals surface area contributed by atoms with Crippen molar-refractivity contribution in [3.63, 3.8) is 0 Å². The molecule has 1 aliphatic heterocycles. The third-order valence-electron chi connectivity index (χ3n) is 3.64. The van der Waals surface area contributed by atoms with Crippen LogP contribution in [0.4, 0.5) is 11.4 Å². The Morgan fingerprint density at radius 1 is 1.15 bits per heavy atom. The predicted octanol–water partition coefficient (Wildman–Crippen LogP) is 3.52. The number of carbonyl (C=O) groups is 1. The van der Waals surface area contributed by atoms with Gasteiger partial charge in [0.25, 0.3) is 5.91 Å². The fourth-order valence-corrected chi connectivity index (χ4v) is 2.86. The number of nitrogens with two attached hydrogens (primary N) is 1. The van der Waals surface area contributed by atoms with Crippen LogP contribution in [0.5, 0.6) is 0 Å². The summed E-state index contributed by atoms with van der Waals surface area (Å²) in [4.78, 5) is 14.5. The molecule has 2 N–H and O–H groups in total. The molecule has 0 atom stereocenters. The van der Waals surface area contributed by atoms with Crippen molar-refractivity contribution in [1.82, 2.24) is 0 Å². The van der Waals surface area contributed by atoms with Crippen molar-refractivity contribution in [2.75, 3.05) is 17.2 Å². The molecule has 0 radical (unpaired) electrons. The lowest BCUT2D eigenvalue weighted by Gasteiger charge is -2.30. The minimum Gasteiger partial charge on any atom is -0.398 e. The maximum absolute atomic E-state index is 12.7. The van der Waals surface area contributed by atoms with Gasteiger partial charge in [-0.3, -0.25) is 4.79 Å². The van der Waals surface area contributed by atoms with Crippen LogP contribution in [0.3, 0.4) is 0 Å². The van der Waals surface area contributed by atoms with Crippen LogP contribution >= 0.6 is 11.6 Å². The molecule has 2 aromatic carbocycles. The van der Waals surface area contributed by atoms with Crippen LogP contribution in [-0.2, 0) is 6.42 Å². The molecular weight excluding hydrogens is 272 g/mol. The number of nitrogens with zero attached hydrogens (tertiary/aromatic N) is 1. The van der Waals surface area contributed by atoms with Crippen LogP contribution in [0.2, 0.25) is 5.02 Å². The Morgan fingerprint density at radius 2 is 1.95 bits per heavy atom. The molecule has 0 spiro atoms. The SMILES string of the molecule is Nc1cccc2c1CCCN2C(=O)c1ccccc1Cl. The van der Waals surface area contributed by atoms with Gasteiger partial charge in [0.2, 0.25) is 0 Å². The van der Waals surface area contributed by atoms with Crippen LogP contribution < -0.4 is 10.6 Å². The first-order valence-corrected chi connectivity index (χ1v) is 7.00. The minimum absolute atomic E-state index is 0.0675. The molecule has 0 aliphatic carbocycles. The van der Waals surface area contributed by atoms with Crippen LogP contribution in [0.1, 0.15) is 22.3 Å². The number of nitrogen functional groups attached to an aromatic ring is 1. The lowest BCUT2D eigenvalue weighted by Crippen LogP contribution is -2.35. The second kappa shape index (κ2) is 5.17. The van der Waals surface area contributed by atoms with E-state index in [1.165, 1.54) is 0 Å². The van der Waals surface area contributed by atoms with Crippen molar-refractivity contribution in [2.45, 2.75) is 12.8 Å². The average Bonchev–Trinajstić information content (AvgIpc) is 2.47. The Bertz CT molecular complexity index is 669. The number of hydrogen-bond donors (Lipinski definition) is 1. The third-order valence-corrected chi connectivity index (χ3v) is 3.97. The number of benzene rings is 2. The second-order valence-electron chi connectivity index (χ2n) is 4.89. The van der Waals surface area contributed by atoms with Crippen molar-refractivity contribution in [2.24, 2.45) is 0 Å². The standard InChI is InChI=1S/C16H15ClN2O/c17-13-7-2-1-5-11(13)16(20)19-10-4-6-12-14(18)8-3-9-15(12)19/h1-3,5,7-9H,4,6,10,18H2. The molecule has 1 heterocycles. The van der Waals surface area contributed by atoms with Gasteiger partial charge in [-0.2, -0.15) is 0 Å². The summed E-state index contributed by atoms with van der Waals surface area (Å²) in [7, 11) is 0. The largest absolute Gasteiger partial charge is 0.398 e. The van der Waals surface area contributed by atoms with Gasteiger partial charge in [0, 0.05) is 17.9 Å². The van der Waals surface area contributed by atoms with E-state index in [0.717, 1.165) is 29.8 Å². The van der Waals surface area contributed by atoms with Gasteiger partial charge in [0.05, 0.1) is 10.6 Å². The van der Waals surface area contributed by atoms with Crippen molar-refractivity contribution in [1.29, 1.82) is 0 Å². The number of anilines is 2. The molecule has 0 saturated heterocycles. The minimum atomic E-state index is -0.0675. The molecule has 0 saturated carbocycles. The highest BCUT2D eigenvalue weighted by Gasteiger charge is 2.25. The van der Waals surface area contributed by atoms with Gasteiger partial charge in [-0.25, -0.2) is 0 Å². The van der Waals surface area contributed by atoms with Crippen molar-refractivity contribution < 1.29 is 4.79 Å². The molecular formula is C16H15ClN2O. The number of halogens is 1. The summed E-state index contributed by atoms with van der Waals surface area (Å²) in [5.41, 5.74) is 9.25. The molecule has 4 heteroatoms. The van der Waals surface area contributed by atoms with Crippen LogP contribution in [0.25, 0.3) is 0 Å². The normalized spacial score (nSPS) is 13.9. The quantitative estimate of drug-likeness (QED) is 0.816. The fourth-order valence-electron chi connectivity index (χ4n) is 2.64. The van der Waals surface area contributed by atoms with Crippen LogP contribution in [0, 0.1) is 0 Å². The topological polar surface area (TPSA) is 46.3 Å². The first-order valence-electron chi connectivity index (χ1n) is 6.62. The smallest absolute Gasteiger partial charge is 0.259 e. The number of carbonyl (C=O) groups excluding carboxylic acids is 1. The van der Waals surface area contributed by atoms with Gasteiger partial charge >= 0.3 is 0 Å². The molecule has 0 unspecified atom stereocenters. The monoisotopic (exact) mass is 286 g/mol. The molecule has 0 fully saturated rings. The van der Waals surface area contributed by atoms with E-state index >= 15 is 0 Å². The van der Waals surface area contributed by atoms with Gasteiger partial charge in [-0.1, -0.05) is 29.8 Å². The fraction of sp³-hybridized carbons (Fsp3) is 0.188. The Labute approximate surface area is 123 Å². The Morgan fingerprint density at radius 3 is 2.75 bits per heavy atom. The zero-order chi connectivity index (χ0) is 14.1. The Balaban J connectivity index is 2.03. The van der Waals surface area contributed by atoms with Gasteiger partial charge in [0.15, 0.2) is 0 Å². The highest BCUT2D eigenvalue weighted by atomic mass is 35.5. The van der Waals surface area contributed by atoms with Gasteiger partial charge in [0.1, 0.15) is 0 Å². The van der Waals surface area contributed by atoms with Crippen LogP contribution in [0.15, 0.2) is 42.5 Å². The van der Waals surface area contributed by atoms with Gasteiger partial charge in [-0.05, 0) is 42.7 Å². The maximum atomic E-state index is 12.7. The van der Waals surface area contributed by atoms with E-state index in [1.807, 2.05) is 30.3 Å². The molecule has 20 heavy (non-hydrogen) atoms. The molecule has 2 aromatic rings. The summed E-state index contributed by atoms with van der Waals surface area (Å²) in [6, 6.07) is 12.8. The summed E-state index contributed by atoms with van der Waals surface area (Å²) in [6.45, 7) is 0.695. The first kappa shape index (κ1) is 13.0. The summed E-state index contributed by atoms with van der Waals surface area (Å²) < 4.78 is 0. The van der Waals surface area contributed by atoms with Gasteiger partial charge < -0.3 is 10.6 Å². The molecule has 0 aromatic heterocycles.